The first-order valence-corrected chi connectivity index (χ1v) is 16.5. The molecule has 0 amide bonds. The predicted molar refractivity (Wildman–Crippen MR) is 185 cm³/mol. The molecular formula is C33H43N13. The van der Waals surface area contributed by atoms with E-state index >= 15 is 0 Å². The third-order valence-electron chi connectivity index (χ3n) is 8.82. The van der Waals surface area contributed by atoms with Crippen LogP contribution in [0.1, 0.15) is 38.5 Å². The third kappa shape index (κ3) is 6.60. The van der Waals surface area contributed by atoms with Crippen molar-refractivity contribution in [3.63, 3.8) is 0 Å². The zero-order valence-electron chi connectivity index (χ0n) is 26.3. The molecule has 4 aromatic rings. The number of likely N-dealkylation sites (tertiary alicyclic amines) is 2. The lowest BCUT2D eigenvalue weighted by Gasteiger charge is -2.18. The maximum absolute atomic E-state index is 8.73. The molecule has 0 saturated carbocycles. The molecule has 3 aliphatic heterocycles. The summed E-state index contributed by atoms with van der Waals surface area (Å²) < 4.78 is 3.64. The second kappa shape index (κ2) is 13.7. The normalized spacial score (nSPS) is 19.5. The van der Waals surface area contributed by atoms with Crippen molar-refractivity contribution >= 4 is 51.4 Å². The summed E-state index contributed by atoms with van der Waals surface area (Å²) in [5, 5.41) is 28.5. The summed E-state index contributed by atoms with van der Waals surface area (Å²) in [4.78, 5) is 14.9. The van der Waals surface area contributed by atoms with Gasteiger partial charge in [0, 0.05) is 25.5 Å². The van der Waals surface area contributed by atoms with Gasteiger partial charge in [-0.15, -0.1) is 10.2 Å². The van der Waals surface area contributed by atoms with Gasteiger partial charge < -0.3 is 31.5 Å². The van der Waals surface area contributed by atoms with Crippen LogP contribution >= 0.6 is 0 Å². The Hall–Kier alpha value is -4.75. The molecule has 13 nitrogen and oxygen atoms in total. The summed E-state index contributed by atoms with van der Waals surface area (Å²) in [6.45, 7) is 8.47. The molecule has 0 radical (unpaired) electrons. The summed E-state index contributed by atoms with van der Waals surface area (Å²) in [5.41, 5.74) is 10.0. The van der Waals surface area contributed by atoms with Gasteiger partial charge in [-0.2, -0.15) is 0 Å². The van der Waals surface area contributed by atoms with Crippen molar-refractivity contribution in [2.45, 2.75) is 38.5 Å². The van der Waals surface area contributed by atoms with E-state index in [1.807, 2.05) is 57.8 Å². The molecule has 7 rings (SSSR count). The standard InChI is InChI=1S/C33H43N13/c34-24-23-25(35)31(39-29-27-12-2-4-22-46(27)42-33(29)37-14-10-20-44-17-7-8-18-44)40-30(24)38-28-26-11-1-3-21-45(26)41-32(28)36-13-9-19-43-15-5-6-16-43/h1-4,11-12,21-23,34H,5-10,13-20,35H2,(H,36,41)(H,37,42)(H,38,39,40). The van der Waals surface area contributed by atoms with Crippen LogP contribution in [0.15, 0.2) is 70.5 Å². The monoisotopic (exact) mass is 621 g/mol. The number of aliphatic imine (C=N–C) groups is 2. The highest BCUT2D eigenvalue weighted by atomic mass is 15.3. The Kier molecular flexibility index (Phi) is 8.92. The van der Waals surface area contributed by atoms with Crippen molar-refractivity contribution in [3.05, 3.63) is 60.6 Å². The number of hydrogen-bond donors (Lipinski definition) is 5. The molecule has 2 saturated heterocycles. The molecule has 240 valence electrons. The van der Waals surface area contributed by atoms with Crippen LogP contribution in [0.5, 0.6) is 0 Å². The third-order valence-corrected chi connectivity index (χ3v) is 8.82. The molecule has 4 aromatic heterocycles. The van der Waals surface area contributed by atoms with Crippen LogP contribution in [-0.2, 0) is 0 Å². The molecule has 7 heterocycles. The first-order valence-electron chi connectivity index (χ1n) is 16.5. The molecular weight excluding hydrogens is 578 g/mol. The van der Waals surface area contributed by atoms with Gasteiger partial charge in [0.1, 0.15) is 11.4 Å². The highest BCUT2D eigenvalue weighted by molar-refractivity contribution is 6.50. The summed E-state index contributed by atoms with van der Waals surface area (Å²) in [6, 6.07) is 11.8. The fourth-order valence-electron chi connectivity index (χ4n) is 6.41. The lowest BCUT2D eigenvalue weighted by Crippen LogP contribution is -2.42. The van der Waals surface area contributed by atoms with Crippen molar-refractivity contribution in [1.29, 1.82) is 5.41 Å². The van der Waals surface area contributed by atoms with Crippen molar-refractivity contribution in [1.82, 2.24) is 34.3 Å². The van der Waals surface area contributed by atoms with E-state index in [0.717, 1.165) is 50.1 Å². The Balaban J connectivity index is 1.14. The van der Waals surface area contributed by atoms with Crippen LogP contribution < -0.4 is 21.7 Å². The first kappa shape index (κ1) is 29.9. The minimum absolute atomic E-state index is 0.173. The van der Waals surface area contributed by atoms with E-state index in [-0.39, 0.29) is 5.71 Å². The van der Waals surface area contributed by atoms with E-state index in [4.69, 9.17) is 31.3 Å². The average Bonchev–Trinajstić information content (AvgIpc) is 3.88. The summed E-state index contributed by atoms with van der Waals surface area (Å²) in [6.07, 6.45) is 12.6. The topological polar surface area (TPSA) is 152 Å². The van der Waals surface area contributed by atoms with Gasteiger partial charge in [-0.25, -0.2) is 19.0 Å². The van der Waals surface area contributed by atoms with Crippen LogP contribution in [0.3, 0.4) is 0 Å². The zero-order valence-corrected chi connectivity index (χ0v) is 26.3. The van der Waals surface area contributed by atoms with Crippen molar-refractivity contribution < 1.29 is 0 Å². The number of hydrogen-bond acceptors (Lipinski definition) is 10. The molecule has 2 fully saturated rings. The second-order valence-corrected chi connectivity index (χ2v) is 12.2. The summed E-state index contributed by atoms with van der Waals surface area (Å²) in [7, 11) is 0. The number of amidine groups is 2. The maximum Gasteiger partial charge on any atom is 0.175 e. The maximum atomic E-state index is 8.73. The molecule has 0 aromatic carbocycles. The quantitative estimate of drug-likeness (QED) is 0.149. The minimum atomic E-state index is 0.173. The molecule has 6 N–H and O–H groups in total. The van der Waals surface area contributed by atoms with Gasteiger partial charge in [-0.05, 0) is 108 Å². The Bertz CT molecular complexity index is 1780. The average molecular weight is 622 g/mol. The fraction of sp³-hybridized carbons (Fsp3) is 0.424. The Morgan fingerprint density at radius 2 is 1.24 bits per heavy atom. The van der Waals surface area contributed by atoms with Crippen LogP contribution in [0, 0.1) is 5.41 Å². The second-order valence-electron chi connectivity index (χ2n) is 12.2. The van der Waals surface area contributed by atoms with E-state index in [9.17, 15) is 0 Å². The SMILES string of the molecule is N=C1C=C(N)C(=Nc2c(NCCCN3CCCC3)nn3ccccc23)NC1=Nc1c(NCCCN2CCCC2)nn2ccccc12. The molecule has 3 aliphatic rings. The number of nitrogens with one attached hydrogen (secondary N) is 4. The number of rotatable bonds is 12. The van der Waals surface area contributed by atoms with Gasteiger partial charge in [0.2, 0.25) is 0 Å². The van der Waals surface area contributed by atoms with Gasteiger partial charge in [-0.1, -0.05) is 12.1 Å². The molecule has 46 heavy (non-hydrogen) atoms. The Labute approximate surface area is 268 Å². The number of nitrogens with two attached hydrogens (primary N) is 1. The smallest absolute Gasteiger partial charge is 0.175 e. The van der Waals surface area contributed by atoms with Gasteiger partial charge in [0.25, 0.3) is 0 Å². The molecule has 0 bridgehead atoms. The number of pyridine rings is 2. The van der Waals surface area contributed by atoms with Gasteiger partial charge in [-0.3, -0.25) is 5.41 Å². The number of anilines is 2. The van der Waals surface area contributed by atoms with Gasteiger partial charge in [0.15, 0.2) is 23.3 Å². The Morgan fingerprint density at radius 3 is 1.76 bits per heavy atom. The van der Waals surface area contributed by atoms with Crippen LogP contribution in [0.2, 0.25) is 0 Å². The summed E-state index contributed by atoms with van der Waals surface area (Å²) >= 11 is 0. The molecule has 0 atom stereocenters. The lowest BCUT2D eigenvalue weighted by molar-refractivity contribution is 0.337. The molecule has 0 spiro atoms. The van der Waals surface area contributed by atoms with Crippen LogP contribution in [0.25, 0.3) is 11.0 Å². The molecule has 0 unspecified atom stereocenters. The van der Waals surface area contributed by atoms with Crippen molar-refractivity contribution in [2.24, 2.45) is 15.7 Å². The van der Waals surface area contributed by atoms with E-state index in [1.165, 1.54) is 51.9 Å². The summed E-state index contributed by atoms with van der Waals surface area (Å²) in [5.74, 6) is 2.14. The van der Waals surface area contributed by atoms with E-state index in [1.54, 1.807) is 6.08 Å². The molecule has 13 heteroatoms. The lowest BCUT2D eigenvalue weighted by atomic mass is 10.2. The van der Waals surface area contributed by atoms with Gasteiger partial charge >= 0.3 is 0 Å². The van der Waals surface area contributed by atoms with Crippen LogP contribution in [-0.4, -0.2) is 98.8 Å². The van der Waals surface area contributed by atoms with E-state index < -0.39 is 0 Å². The first-order chi connectivity index (χ1) is 22.6. The fourth-order valence-corrected chi connectivity index (χ4v) is 6.41. The zero-order chi connectivity index (χ0) is 31.3. The largest absolute Gasteiger partial charge is 0.396 e. The van der Waals surface area contributed by atoms with Crippen molar-refractivity contribution in [3.8, 4) is 0 Å². The van der Waals surface area contributed by atoms with E-state index in [2.05, 4.69) is 25.8 Å². The van der Waals surface area contributed by atoms with E-state index in [0.29, 0.717) is 40.4 Å². The Morgan fingerprint density at radius 1 is 0.739 bits per heavy atom. The predicted octanol–water partition coefficient (Wildman–Crippen LogP) is 4.00. The number of nitrogens with zero attached hydrogens (tertiary/aromatic N) is 8. The number of aromatic nitrogens is 4. The van der Waals surface area contributed by atoms with Crippen LogP contribution in [0.4, 0.5) is 23.0 Å². The highest BCUT2D eigenvalue weighted by Gasteiger charge is 2.23. The molecule has 0 aliphatic carbocycles. The van der Waals surface area contributed by atoms with Crippen molar-refractivity contribution in [2.75, 3.05) is 63.0 Å². The van der Waals surface area contributed by atoms with Gasteiger partial charge in [0.05, 0.1) is 22.4 Å². The minimum Gasteiger partial charge on any atom is -0.396 e. The highest BCUT2D eigenvalue weighted by Crippen LogP contribution is 2.32. The number of fused-ring (bicyclic) bond motifs is 2.